The summed E-state index contributed by atoms with van der Waals surface area (Å²) in [6, 6.07) is 5.21. The summed E-state index contributed by atoms with van der Waals surface area (Å²) in [7, 11) is 1.55. The van der Waals surface area contributed by atoms with Gasteiger partial charge in [-0.3, -0.25) is 21.3 Å². The van der Waals surface area contributed by atoms with Gasteiger partial charge >= 0.3 is 5.96 Å². The van der Waals surface area contributed by atoms with Crippen LogP contribution >= 0.6 is 0 Å². The number of benzene rings is 1. The molecule has 1 rings (SSSR count). The Morgan fingerprint density at radius 1 is 1.42 bits per heavy atom. The zero-order valence-electron chi connectivity index (χ0n) is 10.6. The zero-order valence-corrected chi connectivity index (χ0v) is 10.6. The van der Waals surface area contributed by atoms with Gasteiger partial charge in [-0.2, -0.15) is 0 Å². The number of amides is 1. The van der Waals surface area contributed by atoms with Crippen molar-refractivity contribution in [2.45, 2.75) is 13.1 Å². The van der Waals surface area contributed by atoms with Crippen molar-refractivity contribution in [1.82, 2.24) is 5.32 Å². The van der Waals surface area contributed by atoms with Crippen LogP contribution in [0.4, 0.5) is 0 Å². The molecule has 0 spiro atoms. The van der Waals surface area contributed by atoms with E-state index in [1.54, 1.807) is 19.2 Å². The van der Waals surface area contributed by atoms with Gasteiger partial charge in [0.2, 0.25) is 0 Å². The first kappa shape index (κ1) is 14.3. The van der Waals surface area contributed by atoms with Gasteiger partial charge in [0.15, 0.2) is 0 Å². The maximum atomic E-state index is 11.6. The van der Waals surface area contributed by atoms with E-state index in [4.69, 9.17) is 17.0 Å². The molecule has 0 unspecified atom stereocenters. The van der Waals surface area contributed by atoms with Gasteiger partial charge in [0.05, 0.1) is 13.1 Å². The van der Waals surface area contributed by atoms with Crippen molar-refractivity contribution in [2.75, 3.05) is 7.05 Å². The highest BCUT2D eigenvalue weighted by Crippen LogP contribution is 2.11. The summed E-state index contributed by atoms with van der Waals surface area (Å²) in [6.45, 7) is 0.562. The Labute approximate surface area is 110 Å². The molecule has 0 radical (unpaired) electrons. The van der Waals surface area contributed by atoms with E-state index < -0.39 is 0 Å². The lowest BCUT2D eigenvalue weighted by molar-refractivity contribution is -0.477. The van der Waals surface area contributed by atoms with Crippen molar-refractivity contribution in [3.63, 3.8) is 0 Å². The molecule has 0 fully saturated rings. The van der Waals surface area contributed by atoms with Crippen molar-refractivity contribution in [3.8, 4) is 0 Å². The Morgan fingerprint density at radius 2 is 2.11 bits per heavy atom. The quantitative estimate of drug-likeness (QED) is 0.172. The summed E-state index contributed by atoms with van der Waals surface area (Å²) < 4.78 is 0. The maximum absolute atomic E-state index is 11.6. The standard InChI is InChI=1S/C11H15N7O/c1-15-10(19)9-3-7(5-16-11(12)13)2-8(4-9)6-17-18-14/h2-4H,5-6H2,1H3,(H,15,19)(H4,12,13,16)/p+1. The maximum Gasteiger partial charge on any atom is 0.339 e. The molecule has 0 heterocycles. The number of guanidine groups is 1. The van der Waals surface area contributed by atoms with Gasteiger partial charge in [0, 0.05) is 17.5 Å². The first-order valence-corrected chi connectivity index (χ1v) is 5.54. The van der Waals surface area contributed by atoms with E-state index in [9.17, 15) is 4.79 Å². The number of hydrogen-bond donors (Lipinski definition) is 4. The fourth-order valence-electron chi connectivity index (χ4n) is 1.55. The summed E-state index contributed by atoms with van der Waals surface area (Å²) in [5.74, 6) is -0.115. The topological polar surface area (TPSA) is 144 Å². The first-order chi connectivity index (χ1) is 9.06. The van der Waals surface area contributed by atoms with Crippen molar-refractivity contribution in [3.05, 3.63) is 45.3 Å². The van der Waals surface area contributed by atoms with E-state index in [0.717, 1.165) is 11.1 Å². The van der Waals surface area contributed by atoms with Crippen molar-refractivity contribution in [2.24, 2.45) is 16.6 Å². The molecule has 8 nitrogen and oxygen atoms in total. The highest BCUT2D eigenvalue weighted by molar-refractivity contribution is 5.94. The number of carbonyl (C=O) groups is 1. The van der Waals surface area contributed by atoms with Crippen LogP contribution in [0.2, 0.25) is 0 Å². The number of nitrogens with two attached hydrogens (primary N) is 2. The van der Waals surface area contributed by atoms with Crippen molar-refractivity contribution >= 4 is 11.9 Å². The zero-order chi connectivity index (χ0) is 14.3. The summed E-state index contributed by atoms with van der Waals surface area (Å²) in [6.07, 6.45) is 0. The fraction of sp³-hybridized carbons (Fsp3) is 0.273. The van der Waals surface area contributed by atoms with Crippen molar-refractivity contribution in [1.29, 1.82) is 0 Å². The van der Waals surface area contributed by atoms with E-state index in [1.165, 1.54) is 0 Å². The van der Waals surface area contributed by atoms with Crippen LogP contribution in [-0.2, 0) is 13.1 Å². The smallest absolute Gasteiger partial charge is 0.339 e. The summed E-state index contributed by atoms with van der Waals surface area (Å²) in [5, 5.41) is 6.02. The van der Waals surface area contributed by atoms with E-state index in [0.29, 0.717) is 12.1 Å². The van der Waals surface area contributed by atoms with E-state index in [2.05, 4.69) is 20.3 Å². The highest BCUT2D eigenvalue weighted by atomic mass is 16.1. The lowest BCUT2D eigenvalue weighted by Crippen LogP contribution is -2.76. The number of nitrogens with one attached hydrogen (secondary N) is 2. The molecule has 0 saturated heterocycles. The molecule has 8 heteroatoms. The minimum atomic E-state index is -0.214. The monoisotopic (exact) mass is 262 g/mol. The van der Waals surface area contributed by atoms with E-state index in [-0.39, 0.29) is 18.4 Å². The molecule has 1 amide bonds. The van der Waals surface area contributed by atoms with Crippen LogP contribution in [0.5, 0.6) is 0 Å². The van der Waals surface area contributed by atoms with Crippen LogP contribution in [0.25, 0.3) is 10.4 Å². The predicted molar refractivity (Wildman–Crippen MR) is 70.7 cm³/mol. The van der Waals surface area contributed by atoms with Crippen LogP contribution in [0.3, 0.4) is 0 Å². The Bertz CT molecular complexity index is 542. The first-order valence-electron chi connectivity index (χ1n) is 5.54. The number of rotatable bonds is 5. The SMILES string of the molecule is CNC(=O)c1cc(CN=[N+]=[N-])cc(C[NH+]=C(N)N)c1. The second kappa shape index (κ2) is 6.87. The fourth-order valence-corrected chi connectivity index (χ4v) is 1.55. The molecular weight excluding hydrogens is 246 g/mol. The van der Waals surface area contributed by atoms with Crippen LogP contribution in [0.15, 0.2) is 23.3 Å². The Kier molecular flexibility index (Phi) is 5.18. The van der Waals surface area contributed by atoms with E-state index in [1.807, 2.05) is 6.07 Å². The molecule has 1 aromatic carbocycles. The van der Waals surface area contributed by atoms with Crippen molar-refractivity contribution < 1.29 is 9.79 Å². The molecule has 1 aromatic rings. The van der Waals surface area contributed by atoms with Crippen LogP contribution < -0.4 is 21.8 Å². The molecule has 6 N–H and O–H groups in total. The normalized spacial score (nSPS) is 9.32. The molecule has 0 saturated carbocycles. The summed E-state index contributed by atoms with van der Waals surface area (Å²) in [5.41, 5.74) is 21.0. The van der Waals surface area contributed by atoms with Crippen LogP contribution in [0, 0.1) is 0 Å². The molecule has 0 aromatic heterocycles. The third-order valence-electron chi connectivity index (χ3n) is 2.36. The molecule has 0 bridgehead atoms. The van der Waals surface area contributed by atoms with Crippen LogP contribution in [-0.4, -0.2) is 18.9 Å². The average Bonchev–Trinajstić information content (AvgIpc) is 2.41. The van der Waals surface area contributed by atoms with Gasteiger partial charge in [0.1, 0.15) is 0 Å². The van der Waals surface area contributed by atoms with Crippen LogP contribution in [0.1, 0.15) is 21.5 Å². The number of nitrogens with zero attached hydrogens (tertiary/aromatic N) is 3. The molecule has 100 valence electrons. The third kappa shape index (κ3) is 4.57. The Morgan fingerprint density at radius 3 is 2.68 bits per heavy atom. The van der Waals surface area contributed by atoms with E-state index >= 15 is 0 Å². The highest BCUT2D eigenvalue weighted by Gasteiger charge is 2.07. The number of carbonyl (C=O) groups excluding carboxylic acids is 1. The number of azide groups is 1. The summed E-state index contributed by atoms with van der Waals surface area (Å²) >= 11 is 0. The number of hydrogen-bond acceptors (Lipinski definition) is 2. The minimum absolute atomic E-state index is 0.0990. The largest absolute Gasteiger partial charge is 0.355 e. The molecule has 0 aliphatic carbocycles. The minimum Gasteiger partial charge on any atom is -0.355 e. The van der Waals surface area contributed by atoms with Gasteiger partial charge in [-0.05, 0) is 28.8 Å². The van der Waals surface area contributed by atoms with Gasteiger partial charge < -0.3 is 5.32 Å². The Balaban J connectivity index is 3.11. The molecule has 0 atom stereocenters. The van der Waals surface area contributed by atoms with Gasteiger partial charge in [-0.25, -0.2) is 0 Å². The Hall–Kier alpha value is -2.73. The lowest BCUT2D eigenvalue weighted by atomic mass is 10.0. The molecule has 0 aliphatic heterocycles. The van der Waals surface area contributed by atoms with Gasteiger partial charge in [-0.15, -0.1) is 0 Å². The average molecular weight is 262 g/mol. The van der Waals surface area contributed by atoms with Gasteiger partial charge in [-0.1, -0.05) is 11.2 Å². The third-order valence-corrected chi connectivity index (χ3v) is 2.36. The second-order valence-electron chi connectivity index (χ2n) is 3.82. The lowest BCUT2D eigenvalue weighted by Gasteiger charge is -2.06. The molecular formula is C11H16N7O+. The predicted octanol–water partition coefficient (Wildman–Crippen LogP) is -1.29. The van der Waals surface area contributed by atoms with Gasteiger partial charge in [0.25, 0.3) is 5.91 Å². The molecule has 19 heavy (non-hydrogen) atoms. The second-order valence-corrected chi connectivity index (χ2v) is 3.82. The summed E-state index contributed by atoms with van der Waals surface area (Å²) in [4.78, 5) is 17.1. The molecule has 0 aliphatic rings.